The number of nitrogens with zero attached hydrogens (tertiary/aromatic N) is 4. The summed E-state index contributed by atoms with van der Waals surface area (Å²) in [6, 6.07) is 22.8. The number of hydrogen-bond donors (Lipinski definition) is 1. The molecule has 1 aliphatic heterocycles. The van der Waals surface area contributed by atoms with E-state index >= 15 is 0 Å². The van der Waals surface area contributed by atoms with Crippen LogP contribution in [0.1, 0.15) is 61.5 Å². The second-order valence-corrected chi connectivity index (χ2v) is 12.6. The van der Waals surface area contributed by atoms with E-state index in [0.29, 0.717) is 53.3 Å². The van der Waals surface area contributed by atoms with Gasteiger partial charge in [-0.25, -0.2) is 4.52 Å². The largest absolute Gasteiger partial charge is 0.355 e. The Labute approximate surface area is 263 Å². The van der Waals surface area contributed by atoms with Crippen LogP contribution in [0, 0.1) is 12.8 Å². The van der Waals surface area contributed by atoms with Crippen molar-refractivity contribution in [3.63, 3.8) is 0 Å². The first-order chi connectivity index (χ1) is 21.3. The molecule has 8 nitrogen and oxygen atoms in total. The highest BCUT2D eigenvalue weighted by molar-refractivity contribution is 9.10. The highest BCUT2D eigenvalue weighted by Crippen LogP contribution is 2.40. The zero-order valence-electron chi connectivity index (χ0n) is 24.6. The predicted octanol–water partition coefficient (Wildman–Crippen LogP) is 5.48. The zero-order valence-corrected chi connectivity index (χ0v) is 26.2. The molecule has 0 spiro atoms. The molecule has 0 saturated heterocycles. The van der Waals surface area contributed by atoms with Gasteiger partial charge in [0.1, 0.15) is 5.65 Å². The zero-order chi connectivity index (χ0) is 30.5. The summed E-state index contributed by atoms with van der Waals surface area (Å²) in [6.45, 7) is 2.29. The average Bonchev–Trinajstić information content (AvgIpc) is 3.82. The number of rotatable bonds is 6. The first-order valence-electron chi connectivity index (χ1n) is 14.9. The molecule has 0 bridgehead atoms. The topological polar surface area (TPSA) is 88.7 Å². The van der Waals surface area contributed by atoms with Gasteiger partial charge in [0.25, 0.3) is 17.4 Å². The summed E-state index contributed by atoms with van der Waals surface area (Å²) in [7, 11) is 1.60. The van der Waals surface area contributed by atoms with Crippen molar-refractivity contribution >= 4 is 33.4 Å². The number of benzene rings is 3. The van der Waals surface area contributed by atoms with Crippen molar-refractivity contribution in [1.29, 1.82) is 0 Å². The third-order valence-corrected chi connectivity index (χ3v) is 9.80. The lowest BCUT2D eigenvalue weighted by Gasteiger charge is -2.37. The Bertz CT molecular complexity index is 1980. The molecule has 44 heavy (non-hydrogen) atoms. The summed E-state index contributed by atoms with van der Waals surface area (Å²) in [5.41, 5.74) is 6.83. The molecule has 1 saturated carbocycles. The normalized spacial score (nSPS) is 16.2. The lowest BCUT2D eigenvalue weighted by atomic mass is 9.93. The minimum absolute atomic E-state index is 0.0260. The van der Waals surface area contributed by atoms with Gasteiger partial charge in [-0.15, -0.1) is 0 Å². The van der Waals surface area contributed by atoms with E-state index in [-0.39, 0.29) is 23.4 Å². The number of aromatic nitrogens is 3. The van der Waals surface area contributed by atoms with Gasteiger partial charge in [0.05, 0.1) is 24.1 Å². The summed E-state index contributed by atoms with van der Waals surface area (Å²) in [6.07, 6.45) is 4.98. The number of amides is 2. The molecule has 0 unspecified atom stereocenters. The third-order valence-electron chi connectivity index (χ3n) is 8.91. The Morgan fingerprint density at radius 1 is 1.00 bits per heavy atom. The van der Waals surface area contributed by atoms with E-state index in [1.165, 1.54) is 0 Å². The van der Waals surface area contributed by atoms with Crippen molar-refractivity contribution in [2.45, 2.75) is 45.2 Å². The van der Waals surface area contributed by atoms with Gasteiger partial charge >= 0.3 is 0 Å². The molecular weight excluding hydrogens is 618 g/mol. The summed E-state index contributed by atoms with van der Waals surface area (Å²) < 4.78 is 4.56. The summed E-state index contributed by atoms with van der Waals surface area (Å²) in [4.78, 5) is 42.8. The molecule has 1 aliphatic carbocycles. The second kappa shape index (κ2) is 11.2. The van der Waals surface area contributed by atoms with Gasteiger partial charge in [-0.05, 0) is 79.3 Å². The van der Waals surface area contributed by atoms with Gasteiger partial charge in [-0.3, -0.25) is 19.0 Å². The standard InChI is InChI=1S/C35H32BrN5O3/c1-21-16-25(12-15-29(21)36)34(43)39-20-31-28(18-30(39)23-8-9-23)35(44)40(27-13-10-24(11-14-27)32(42)37-2)33-26(19-38-41(31)33)17-22-6-4-3-5-7-22/h3-7,10-16,19,23,30H,8-9,17-18,20H2,1-2H3,(H,37,42)/t30-/m0/s1. The fourth-order valence-corrected chi connectivity index (χ4v) is 6.66. The summed E-state index contributed by atoms with van der Waals surface area (Å²) in [5, 5.41) is 7.49. The molecule has 1 fully saturated rings. The van der Waals surface area contributed by atoms with E-state index in [1.807, 2.05) is 71.1 Å². The quantitative estimate of drug-likeness (QED) is 0.264. The van der Waals surface area contributed by atoms with Crippen molar-refractivity contribution in [2.75, 3.05) is 7.05 Å². The van der Waals surface area contributed by atoms with Gasteiger partial charge in [-0.1, -0.05) is 46.3 Å². The van der Waals surface area contributed by atoms with Crippen LogP contribution in [-0.4, -0.2) is 44.0 Å². The van der Waals surface area contributed by atoms with E-state index in [2.05, 4.69) is 33.4 Å². The van der Waals surface area contributed by atoms with Gasteiger partial charge in [0.15, 0.2) is 0 Å². The average molecular weight is 651 g/mol. The predicted molar refractivity (Wildman–Crippen MR) is 172 cm³/mol. The van der Waals surface area contributed by atoms with Crippen LogP contribution in [0.25, 0.3) is 11.3 Å². The molecule has 3 heterocycles. The van der Waals surface area contributed by atoms with Crippen LogP contribution in [-0.2, 0) is 19.4 Å². The highest BCUT2D eigenvalue weighted by atomic mass is 79.9. The molecule has 0 radical (unpaired) electrons. The molecule has 9 heteroatoms. The lowest BCUT2D eigenvalue weighted by molar-refractivity contribution is 0.0604. The summed E-state index contributed by atoms with van der Waals surface area (Å²) in [5.74, 6) is 0.152. The van der Waals surface area contributed by atoms with Crippen LogP contribution in [0.2, 0.25) is 0 Å². The Hall–Kier alpha value is -4.50. The number of halogens is 1. The van der Waals surface area contributed by atoms with Gasteiger partial charge in [-0.2, -0.15) is 5.10 Å². The molecule has 1 atom stereocenters. The Balaban J connectivity index is 1.40. The Morgan fingerprint density at radius 3 is 2.41 bits per heavy atom. The van der Waals surface area contributed by atoms with Crippen molar-refractivity contribution in [3.05, 3.63) is 133 Å². The molecule has 5 aromatic rings. The SMILES string of the molecule is CNC(=O)c1ccc(-n2c(=O)c3c(n4ncc(Cc5ccccc5)c24)CN(C(=O)c2ccc(Br)c(C)c2)[C@H](C2CC2)C3)cc1. The lowest BCUT2D eigenvalue weighted by Crippen LogP contribution is -2.48. The van der Waals surface area contributed by atoms with Crippen molar-refractivity contribution < 1.29 is 9.59 Å². The number of hydrogen-bond acceptors (Lipinski definition) is 4. The minimum atomic E-state index is -0.188. The molecule has 222 valence electrons. The van der Waals surface area contributed by atoms with Crippen LogP contribution >= 0.6 is 15.9 Å². The highest BCUT2D eigenvalue weighted by Gasteiger charge is 2.42. The van der Waals surface area contributed by atoms with E-state index in [0.717, 1.165) is 39.7 Å². The maximum Gasteiger partial charge on any atom is 0.261 e. The molecule has 2 aromatic heterocycles. The molecule has 1 N–H and O–H groups in total. The van der Waals surface area contributed by atoms with Crippen LogP contribution in [0.4, 0.5) is 0 Å². The van der Waals surface area contributed by atoms with Crippen molar-refractivity contribution in [2.24, 2.45) is 5.92 Å². The van der Waals surface area contributed by atoms with Crippen LogP contribution < -0.4 is 10.9 Å². The molecule has 2 amide bonds. The number of fused-ring (bicyclic) bond motifs is 3. The number of carbonyl (C=O) groups is 2. The fourth-order valence-electron chi connectivity index (χ4n) is 6.41. The molecular formula is C35H32BrN5O3. The van der Waals surface area contributed by atoms with Gasteiger partial charge in [0.2, 0.25) is 0 Å². The second-order valence-electron chi connectivity index (χ2n) is 11.8. The van der Waals surface area contributed by atoms with Crippen LogP contribution in [0.5, 0.6) is 0 Å². The van der Waals surface area contributed by atoms with Gasteiger partial charge in [0, 0.05) is 52.7 Å². The Kier molecular flexibility index (Phi) is 7.20. The smallest absolute Gasteiger partial charge is 0.261 e. The van der Waals surface area contributed by atoms with Crippen molar-refractivity contribution in [3.8, 4) is 5.69 Å². The van der Waals surface area contributed by atoms with E-state index in [1.54, 1.807) is 23.7 Å². The first kappa shape index (κ1) is 28.3. The minimum Gasteiger partial charge on any atom is -0.355 e. The molecule has 2 aliphatic rings. The maximum atomic E-state index is 14.6. The number of nitrogens with one attached hydrogen (secondary N) is 1. The molecule has 7 rings (SSSR count). The van der Waals surface area contributed by atoms with E-state index in [9.17, 15) is 14.4 Å². The van der Waals surface area contributed by atoms with E-state index < -0.39 is 0 Å². The number of carbonyl (C=O) groups excluding carboxylic acids is 2. The molecule has 3 aromatic carbocycles. The van der Waals surface area contributed by atoms with E-state index in [4.69, 9.17) is 5.10 Å². The monoisotopic (exact) mass is 649 g/mol. The van der Waals surface area contributed by atoms with Crippen LogP contribution in [0.3, 0.4) is 0 Å². The summed E-state index contributed by atoms with van der Waals surface area (Å²) >= 11 is 3.55. The third kappa shape index (κ3) is 4.95. The fraction of sp³-hybridized carbons (Fsp3) is 0.257. The maximum absolute atomic E-state index is 14.6. The number of aryl methyl sites for hydroxylation is 1. The van der Waals surface area contributed by atoms with Gasteiger partial charge < -0.3 is 10.2 Å². The van der Waals surface area contributed by atoms with Crippen LogP contribution in [0.15, 0.2) is 88.3 Å². The Morgan fingerprint density at radius 2 is 1.73 bits per heavy atom. The first-order valence-corrected chi connectivity index (χ1v) is 15.7. The van der Waals surface area contributed by atoms with Crippen molar-refractivity contribution in [1.82, 2.24) is 24.4 Å².